The van der Waals surface area contributed by atoms with E-state index in [-0.39, 0.29) is 23.6 Å². The van der Waals surface area contributed by atoms with Crippen LogP contribution < -0.4 is 20.3 Å². The van der Waals surface area contributed by atoms with Gasteiger partial charge in [0.1, 0.15) is 17.7 Å². The van der Waals surface area contributed by atoms with Crippen molar-refractivity contribution in [1.82, 2.24) is 34.6 Å². The number of amides is 2. The van der Waals surface area contributed by atoms with E-state index in [2.05, 4.69) is 99.1 Å². The van der Waals surface area contributed by atoms with E-state index in [0.717, 1.165) is 105 Å². The van der Waals surface area contributed by atoms with Crippen LogP contribution in [0.2, 0.25) is 0 Å². The molecule has 0 spiro atoms. The third kappa shape index (κ3) is 8.07. The number of benzene rings is 2. The highest BCUT2D eigenvalue weighted by molar-refractivity contribution is 5.89. The number of fused-ring (bicyclic) bond motifs is 2. The van der Waals surface area contributed by atoms with Gasteiger partial charge in [0.2, 0.25) is 5.95 Å². The average Bonchev–Trinajstić information content (AvgIpc) is 3.81. The van der Waals surface area contributed by atoms with E-state index >= 15 is 0 Å². The van der Waals surface area contributed by atoms with Crippen LogP contribution in [-0.2, 0) is 16.7 Å². The van der Waals surface area contributed by atoms with Crippen molar-refractivity contribution in [3.63, 3.8) is 0 Å². The van der Waals surface area contributed by atoms with Crippen molar-refractivity contribution < 1.29 is 14.3 Å². The summed E-state index contributed by atoms with van der Waals surface area (Å²) in [5.41, 5.74) is 5.81. The Morgan fingerprint density at radius 3 is 2.42 bits per heavy atom. The fraction of sp³-hybridized carbons (Fsp3) is 0.488. The zero-order chi connectivity index (χ0) is 38.1. The molecule has 0 saturated carbocycles. The molecule has 290 valence electrons. The molecule has 12 nitrogen and oxygen atoms in total. The molecule has 2 saturated heterocycles. The van der Waals surface area contributed by atoms with Crippen LogP contribution in [0.1, 0.15) is 107 Å². The van der Waals surface area contributed by atoms with Crippen molar-refractivity contribution in [1.29, 1.82) is 0 Å². The lowest BCUT2D eigenvalue weighted by Crippen LogP contribution is -2.38. The number of pyridine rings is 1. The zero-order valence-electron chi connectivity index (χ0n) is 32.9. The minimum absolute atomic E-state index is 0.153. The minimum atomic E-state index is -0.269. The van der Waals surface area contributed by atoms with Gasteiger partial charge in [0.05, 0.1) is 29.7 Å². The molecule has 3 aliphatic rings. The Kier molecular flexibility index (Phi) is 10.5. The molecule has 2 amide bonds. The van der Waals surface area contributed by atoms with E-state index in [1.165, 1.54) is 12.0 Å². The second kappa shape index (κ2) is 15.7. The number of carbonyl (C=O) groups excluding carboxylic acids is 1. The Balaban J connectivity index is 0.958. The van der Waals surface area contributed by atoms with E-state index in [4.69, 9.17) is 14.6 Å². The maximum Gasteiger partial charge on any atom is 0.320 e. The second-order valence-corrected chi connectivity index (χ2v) is 16.5. The Labute approximate surface area is 324 Å². The SMILES string of the molecule is COC1CCN(Cc2ccc(-n3nc(C(C)(C)C)cc3NC(=O)NC3CCC(Oc4ccc5nnc(N6CCCCC6C)n5c4)c4ccccc43)cc2)CC1. The number of nitrogens with zero attached hydrogens (tertiary/aromatic N) is 7. The molecule has 3 aromatic heterocycles. The normalized spacial score (nSPS) is 21.0. The van der Waals surface area contributed by atoms with Crippen LogP contribution in [0.5, 0.6) is 5.75 Å². The van der Waals surface area contributed by atoms with Crippen LogP contribution >= 0.6 is 0 Å². The van der Waals surface area contributed by atoms with Crippen molar-refractivity contribution >= 4 is 23.4 Å². The van der Waals surface area contributed by atoms with Crippen molar-refractivity contribution in [3.8, 4) is 11.4 Å². The van der Waals surface area contributed by atoms with Crippen LogP contribution in [0.25, 0.3) is 11.3 Å². The quantitative estimate of drug-likeness (QED) is 0.156. The molecule has 5 aromatic rings. The summed E-state index contributed by atoms with van der Waals surface area (Å²) in [6.45, 7) is 12.6. The van der Waals surface area contributed by atoms with Crippen LogP contribution in [0.4, 0.5) is 16.6 Å². The number of likely N-dealkylation sites (tertiary alicyclic amines) is 1. The Bertz CT molecular complexity index is 2090. The van der Waals surface area contributed by atoms with Gasteiger partial charge in [-0.3, -0.25) is 14.6 Å². The summed E-state index contributed by atoms with van der Waals surface area (Å²) >= 11 is 0. The van der Waals surface area contributed by atoms with E-state index in [9.17, 15) is 4.79 Å². The summed E-state index contributed by atoms with van der Waals surface area (Å²) < 4.78 is 16.1. The molecule has 0 bridgehead atoms. The first-order valence-electron chi connectivity index (χ1n) is 20.0. The summed E-state index contributed by atoms with van der Waals surface area (Å²) in [6.07, 6.45) is 9.41. The number of ether oxygens (including phenoxy) is 2. The summed E-state index contributed by atoms with van der Waals surface area (Å²) in [5.74, 6) is 2.27. The first kappa shape index (κ1) is 37.0. The maximum atomic E-state index is 13.8. The fourth-order valence-corrected chi connectivity index (χ4v) is 8.36. The van der Waals surface area contributed by atoms with E-state index in [0.29, 0.717) is 18.0 Å². The van der Waals surface area contributed by atoms with Gasteiger partial charge < -0.3 is 19.7 Å². The average molecular weight is 746 g/mol. The lowest BCUT2D eigenvalue weighted by Gasteiger charge is -2.33. The number of urea groups is 1. The number of methoxy groups -OCH3 is 1. The Morgan fingerprint density at radius 2 is 1.67 bits per heavy atom. The largest absolute Gasteiger partial charge is 0.484 e. The predicted octanol–water partition coefficient (Wildman–Crippen LogP) is 7.98. The number of hydrogen-bond donors (Lipinski definition) is 2. The molecule has 2 fully saturated rings. The molecule has 0 radical (unpaired) electrons. The summed E-state index contributed by atoms with van der Waals surface area (Å²) in [6, 6.07) is 22.7. The smallest absolute Gasteiger partial charge is 0.320 e. The molecule has 3 atom stereocenters. The van der Waals surface area contributed by atoms with Gasteiger partial charge in [-0.2, -0.15) is 5.10 Å². The Morgan fingerprint density at radius 1 is 0.891 bits per heavy atom. The molecule has 5 heterocycles. The molecular weight excluding hydrogens is 691 g/mol. The van der Waals surface area contributed by atoms with Crippen molar-refractivity contribution in [2.45, 2.75) is 109 Å². The molecule has 3 unspecified atom stereocenters. The highest BCUT2D eigenvalue weighted by atomic mass is 16.5. The minimum Gasteiger partial charge on any atom is -0.484 e. The number of nitrogens with one attached hydrogen (secondary N) is 2. The number of anilines is 2. The molecule has 12 heteroatoms. The third-order valence-corrected chi connectivity index (χ3v) is 11.6. The molecule has 2 aliphatic heterocycles. The third-order valence-electron chi connectivity index (χ3n) is 11.6. The molecule has 2 N–H and O–H groups in total. The topological polar surface area (TPSA) is 114 Å². The van der Waals surface area contributed by atoms with Crippen LogP contribution in [-0.4, -0.2) is 74.2 Å². The maximum absolute atomic E-state index is 13.8. The van der Waals surface area contributed by atoms with Crippen LogP contribution in [0, 0.1) is 0 Å². The zero-order valence-corrected chi connectivity index (χ0v) is 32.9. The summed E-state index contributed by atoms with van der Waals surface area (Å²) in [5, 5.41) is 20.4. The van der Waals surface area contributed by atoms with Gasteiger partial charge in [0, 0.05) is 50.8 Å². The van der Waals surface area contributed by atoms with Gasteiger partial charge >= 0.3 is 6.03 Å². The molecule has 1 aliphatic carbocycles. The van der Waals surface area contributed by atoms with Crippen LogP contribution in [0.15, 0.2) is 72.9 Å². The number of rotatable bonds is 9. The van der Waals surface area contributed by atoms with Gasteiger partial charge in [-0.25, -0.2) is 9.48 Å². The first-order valence-corrected chi connectivity index (χ1v) is 20.0. The molecule has 55 heavy (non-hydrogen) atoms. The fourth-order valence-electron chi connectivity index (χ4n) is 8.36. The number of piperidine rings is 2. The van der Waals surface area contributed by atoms with Gasteiger partial charge in [0.15, 0.2) is 5.65 Å². The standard InChI is InChI=1S/C43H55N9O3/c1-29-10-8-9-23-50(29)42-47-46-39-20-17-33(28-51(39)42)55-37-19-18-36(34-11-6-7-12-35(34)37)44-41(53)45-40-26-38(43(2,3)4)48-52(40)31-15-13-30(14-16-31)27-49-24-21-32(54-5)22-25-49/h6-7,11-17,20,26,28-29,32,36-37H,8-10,18-19,21-25,27H2,1-5H3,(H2,44,45,53). The number of carbonyl (C=O) groups is 1. The summed E-state index contributed by atoms with van der Waals surface area (Å²) in [7, 11) is 1.81. The van der Waals surface area contributed by atoms with Crippen molar-refractivity contribution in [3.05, 3.63) is 95.3 Å². The molecular formula is C43H55N9O3. The van der Waals surface area contributed by atoms with E-state index in [1.54, 1.807) is 7.11 Å². The lowest BCUT2D eigenvalue weighted by atomic mass is 9.85. The predicted molar refractivity (Wildman–Crippen MR) is 215 cm³/mol. The highest BCUT2D eigenvalue weighted by Gasteiger charge is 2.31. The Hall–Kier alpha value is -4.94. The molecule has 2 aromatic carbocycles. The monoisotopic (exact) mass is 745 g/mol. The number of hydrogen-bond acceptors (Lipinski definition) is 8. The van der Waals surface area contributed by atoms with Crippen LogP contribution in [0.3, 0.4) is 0 Å². The number of aromatic nitrogens is 5. The second-order valence-electron chi connectivity index (χ2n) is 16.5. The van der Waals surface area contributed by atoms with Crippen molar-refractivity contribution in [2.75, 3.05) is 37.0 Å². The van der Waals surface area contributed by atoms with Gasteiger partial charge in [-0.05, 0) is 92.8 Å². The van der Waals surface area contributed by atoms with E-state index in [1.807, 2.05) is 41.2 Å². The van der Waals surface area contributed by atoms with Crippen molar-refractivity contribution in [2.24, 2.45) is 0 Å². The van der Waals surface area contributed by atoms with Gasteiger partial charge in [-0.15, -0.1) is 10.2 Å². The molecule has 8 rings (SSSR count). The highest BCUT2D eigenvalue weighted by Crippen LogP contribution is 2.39. The van der Waals surface area contributed by atoms with Gasteiger partial charge in [0.25, 0.3) is 0 Å². The first-order chi connectivity index (χ1) is 26.6. The van der Waals surface area contributed by atoms with Gasteiger partial charge in [-0.1, -0.05) is 57.2 Å². The lowest BCUT2D eigenvalue weighted by molar-refractivity contribution is 0.0388. The summed E-state index contributed by atoms with van der Waals surface area (Å²) in [4.78, 5) is 18.6. The van der Waals surface area contributed by atoms with E-state index < -0.39 is 0 Å².